The Morgan fingerprint density at radius 1 is 1.14 bits per heavy atom. The van der Waals surface area contributed by atoms with Gasteiger partial charge in [-0.3, -0.25) is 4.79 Å². The third kappa shape index (κ3) is 7.49. The number of carboxylic acid groups (broad SMARTS) is 1. The first-order chi connectivity index (χ1) is 10.1. The topological polar surface area (TPSA) is 66.4 Å². The summed E-state index contributed by atoms with van der Waals surface area (Å²) in [6, 6.07) is 6.83. The van der Waals surface area contributed by atoms with Gasteiger partial charge in [-0.15, -0.1) is 0 Å². The van der Waals surface area contributed by atoms with Gasteiger partial charge in [-0.2, -0.15) is 0 Å². The van der Waals surface area contributed by atoms with E-state index < -0.39 is 5.97 Å². The van der Waals surface area contributed by atoms with Crippen LogP contribution in [0.2, 0.25) is 0 Å². The quantitative estimate of drug-likeness (QED) is 0.649. The predicted molar refractivity (Wildman–Crippen MR) is 83.5 cm³/mol. The van der Waals surface area contributed by atoms with E-state index in [2.05, 4.69) is 12.2 Å². The van der Waals surface area contributed by atoms with Gasteiger partial charge in [-0.1, -0.05) is 44.7 Å². The van der Waals surface area contributed by atoms with Crippen LogP contribution in [-0.4, -0.2) is 23.5 Å². The van der Waals surface area contributed by atoms with Crippen molar-refractivity contribution in [3.05, 3.63) is 35.4 Å². The molecule has 0 atom stereocenters. The van der Waals surface area contributed by atoms with Crippen LogP contribution in [0.5, 0.6) is 0 Å². The Hall–Kier alpha value is -1.84. The van der Waals surface area contributed by atoms with E-state index in [1.807, 2.05) is 6.07 Å². The molecule has 0 bridgehead atoms. The molecule has 2 N–H and O–H groups in total. The second-order valence-electron chi connectivity index (χ2n) is 5.27. The fourth-order valence-electron chi connectivity index (χ4n) is 2.18. The molecular weight excluding hydrogens is 266 g/mol. The number of carbonyl (C=O) groups is 2. The molecule has 0 heterocycles. The molecule has 0 spiro atoms. The van der Waals surface area contributed by atoms with E-state index in [4.69, 9.17) is 5.11 Å². The second-order valence-corrected chi connectivity index (χ2v) is 5.27. The van der Waals surface area contributed by atoms with Crippen LogP contribution >= 0.6 is 0 Å². The molecule has 0 unspecified atom stereocenters. The largest absolute Gasteiger partial charge is 0.478 e. The second kappa shape index (κ2) is 9.97. The normalized spacial score (nSPS) is 10.3. The predicted octanol–water partition coefficient (Wildman–Crippen LogP) is 3.40. The molecular formula is C17H25NO3. The number of benzene rings is 1. The third-order valence-corrected chi connectivity index (χ3v) is 3.42. The molecule has 0 saturated heterocycles. The fraction of sp³-hybridized carbons (Fsp3) is 0.529. The van der Waals surface area contributed by atoms with Gasteiger partial charge in [0, 0.05) is 13.0 Å². The molecule has 0 radical (unpaired) electrons. The summed E-state index contributed by atoms with van der Waals surface area (Å²) in [6.07, 6.45) is 6.94. The lowest BCUT2D eigenvalue weighted by Gasteiger charge is -2.06. The van der Waals surface area contributed by atoms with Crippen molar-refractivity contribution in [1.82, 2.24) is 5.32 Å². The summed E-state index contributed by atoms with van der Waals surface area (Å²) in [6.45, 7) is 2.73. The Bertz CT molecular complexity index is 457. The number of hydrogen-bond donors (Lipinski definition) is 2. The van der Waals surface area contributed by atoms with Gasteiger partial charge in [0.05, 0.1) is 5.56 Å². The van der Waals surface area contributed by atoms with Gasteiger partial charge in [0.15, 0.2) is 0 Å². The maximum atomic E-state index is 11.6. The molecule has 116 valence electrons. The first kappa shape index (κ1) is 17.2. The van der Waals surface area contributed by atoms with Crippen LogP contribution < -0.4 is 5.32 Å². The Kier molecular flexibility index (Phi) is 8.17. The van der Waals surface area contributed by atoms with Crippen LogP contribution in [0.3, 0.4) is 0 Å². The van der Waals surface area contributed by atoms with Crippen LogP contribution in [-0.2, 0) is 11.2 Å². The highest BCUT2D eigenvalue weighted by Crippen LogP contribution is 2.06. The van der Waals surface area contributed by atoms with Crippen molar-refractivity contribution in [2.75, 3.05) is 6.54 Å². The molecule has 0 fully saturated rings. The minimum Gasteiger partial charge on any atom is -0.478 e. The Morgan fingerprint density at radius 2 is 1.90 bits per heavy atom. The Labute approximate surface area is 126 Å². The standard InChI is InChI=1S/C17H25NO3/c1-2-3-4-5-6-10-16(19)18-12-11-14-8-7-9-15(13-14)17(20)21/h7-9,13H,2-6,10-12H2,1H3,(H,18,19)(H,20,21). The summed E-state index contributed by atoms with van der Waals surface area (Å²) >= 11 is 0. The summed E-state index contributed by atoms with van der Waals surface area (Å²) in [5, 5.41) is 11.8. The molecule has 4 heteroatoms. The molecule has 0 saturated carbocycles. The highest BCUT2D eigenvalue weighted by molar-refractivity contribution is 5.87. The van der Waals surface area contributed by atoms with Crippen molar-refractivity contribution in [2.45, 2.75) is 51.9 Å². The van der Waals surface area contributed by atoms with Gasteiger partial charge in [0.25, 0.3) is 0 Å². The summed E-state index contributed by atoms with van der Waals surface area (Å²) in [5.74, 6) is -0.839. The number of hydrogen-bond acceptors (Lipinski definition) is 2. The molecule has 0 aliphatic heterocycles. The fourth-order valence-corrected chi connectivity index (χ4v) is 2.18. The molecule has 1 aromatic rings. The van der Waals surface area contributed by atoms with Crippen LogP contribution in [0.25, 0.3) is 0 Å². The highest BCUT2D eigenvalue weighted by atomic mass is 16.4. The SMILES string of the molecule is CCCCCCCC(=O)NCCc1cccc(C(=O)O)c1. The Balaban J connectivity index is 2.19. The molecule has 0 aliphatic rings. The highest BCUT2D eigenvalue weighted by Gasteiger charge is 2.04. The van der Waals surface area contributed by atoms with Gasteiger partial charge in [0.1, 0.15) is 0 Å². The van der Waals surface area contributed by atoms with Crippen molar-refractivity contribution < 1.29 is 14.7 Å². The number of carboxylic acids is 1. The zero-order valence-electron chi connectivity index (χ0n) is 12.7. The lowest BCUT2D eigenvalue weighted by Crippen LogP contribution is -2.25. The van der Waals surface area contributed by atoms with E-state index in [9.17, 15) is 9.59 Å². The summed E-state index contributed by atoms with van der Waals surface area (Å²) in [4.78, 5) is 22.5. The average molecular weight is 291 g/mol. The number of rotatable bonds is 10. The maximum Gasteiger partial charge on any atom is 0.335 e. The van der Waals surface area contributed by atoms with Crippen LogP contribution in [0.15, 0.2) is 24.3 Å². The van der Waals surface area contributed by atoms with Crippen molar-refractivity contribution >= 4 is 11.9 Å². The van der Waals surface area contributed by atoms with E-state index in [-0.39, 0.29) is 11.5 Å². The number of nitrogens with one attached hydrogen (secondary N) is 1. The smallest absolute Gasteiger partial charge is 0.335 e. The molecule has 4 nitrogen and oxygen atoms in total. The zero-order valence-corrected chi connectivity index (χ0v) is 12.7. The number of aromatic carboxylic acids is 1. The van der Waals surface area contributed by atoms with E-state index in [1.165, 1.54) is 19.3 Å². The first-order valence-electron chi connectivity index (χ1n) is 7.72. The van der Waals surface area contributed by atoms with E-state index >= 15 is 0 Å². The van der Waals surface area contributed by atoms with Crippen molar-refractivity contribution in [3.8, 4) is 0 Å². The molecule has 0 aromatic heterocycles. The number of unbranched alkanes of at least 4 members (excludes halogenated alkanes) is 4. The van der Waals surface area contributed by atoms with Gasteiger partial charge >= 0.3 is 5.97 Å². The van der Waals surface area contributed by atoms with Crippen molar-refractivity contribution in [3.63, 3.8) is 0 Å². The minimum absolute atomic E-state index is 0.0842. The monoisotopic (exact) mass is 291 g/mol. The van der Waals surface area contributed by atoms with Crippen LogP contribution in [0.4, 0.5) is 0 Å². The van der Waals surface area contributed by atoms with E-state index in [0.717, 1.165) is 18.4 Å². The number of amides is 1. The lowest BCUT2D eigenvalue weighted by atomic mass is 10.1. The zero-order chi connectivity index (χ0) is 15.5. The average Bonchev–Trinajstić information content (AvgIpc) is 2.47. The van der Waals surface area contributed by atoms with E-state index in [1.54, 1.807) is 18.2 Å². The van der Waals surface area contributed by atoms with Crippen LogP contribution in [0.1, 0.15) is 61.4 Å². The first-order valence-corrected chi connectivity index (χ1v) is 7.72. The van der Waals surface area contributed by atoms with Gasteiger partial charge in [-0.05, 0) is 30.5 Å². The summed E-state index contributed by atoms with van der Waals surface area (Å²) in [5.41, 5.74) is 1.22. The van der Waals surface area contributed by atoms with Crippen molar-refractivity contribution in [1.29, 1.82) is 0 Å². The molecule has 0 aliphatic carbocycles. The van der Waals surface area contributed by atoms with Crippen LogP contribution in [0, 0.1) is 0 Å². The molecule has 1 amide bonds. The molecule has 1 aromatic carbocycles. The lowest BCUT2D eigenvalue weighted by molar-refractivity contribution is -0.121. The number of carbonyl (C=O) groups excluding carboxylic acids is 1. The minimum atomic E-state index is -0.923. The van der Waals surface area contributed by atoms with Crippen molar-refractivity contribution in [2.24, 2.45) is 0 Å². The summed E-state index contributed by atoms with van der Waals surface area (Å²) < 4.78 is 0. The third-order valence-electron chi connectivity index (χ3n) is 3.42. The molecule has 1 rings (SSSR count). The Morgan fingerprint density at radius 3 is 2.62 bits per heavy atom. The summed E-state index contributed by atoms with van der Waals surface area (Å²) in [7, 11) is 0. The maximum absolute atomic E-state index is 11.6. The van der Waals surface area contributed by atoms with Gasteiger partial charge in [-0.25, -0.2) is 4.79 Å². The molecule has 21 heavy (non-hydrogen) atoms. The van der Waals surface area contributed by atoms with E-state index in [0.29, 0.717) is 19.4 Å². The van der Waals surface area contributed by atoms with Gasteiger partial charge < -0.3 is 10.4 Å². The van der Waals surface area contributed by atoms with Gasteiger partial charge in [0.2, 0.25) is 5.91 Å².